The molecule has 0 heterocycles. The van der Waals surface area contributed by atoms with E-state index in [0.717, 1.165) is 43.0 Å². The molecule has 0 saturated heterocycles. The van der Waals surface area contributed by atoms with Crippen molar-refractivity contribution < 1.29 is 9.47 Å². The van der Waals surface area contributed by atoms with Crippen LogP contribution in [-0.2, 0) is 6.42 Å². The van der Waals surface area contributed by atoms with Crippen LogP contribution in [0.5, 0.6) is 11.5 Å². The van der Waals surface area contributed by atoms with Crippen LogP contribution in [0.1, 0.15) is 25.3 Å². The molecule has 1 aromatic carbocycles. The second-order valence-corrected chi connectivity index (χ2v) is 6.56. The zero-order chi connectivity index (χ0) is 18.2. The maximum absolute atomic E-state index is 5.35. The first-order chi connectivity index (χ1) is 12.1. The van der Waals surface area contributed by atoms with Crippen LogP contribution in [0.4, 0.5) is 0 Å². The van der Waals surface area contributed by atoms with Gasteiger partial charge < -0.3 is 20.1 Å². The molecule has 0 amide bonds. The first-order valence-corrected chi connectivity index (χ1v) is 8.96. The highest BCUT2D eigenvalue weighted by Crippen LogP contribution is 2.27. The van der Waals surface area contributed by atoms with E-state index in [1.165, 1.54) is 18.4 Å². The van der Waals surface area contributed by atoms with Crippen molar-refractivity contribution in [3.8, 4) is 11.5 Å². The topological polar surface area (TPSA) is 58.1 Å². The molecule has 25 heavy (non-hydrogen) atoms. The Kier molecular flexibility index (Phi) is 7.37. The molecule has 2 rings (SSSR count). The molecule has 6 nitrogen and oxygen atoms in total. The molecule has 0 aromatic heterocycles. The molecular weight excluding hydrogens is 316 g/mol. The monoisotopic (exact) mass is 348 g/mol. The van der Waals surface area contributed by atoms with Crippen molar-refractivity contribution in [2.24, 2.45) is 4.99 Å². The van der Waals surface area contributed by atoms with Gasteiger partial charge in [-0.15, -0.1) is 0 Å². The van der Waals surface area contributed by atoms with Gasteiger partial charge in [0.15, 0.2) is 17.5 Å². The molecule has 1 aliphatic rings. The summed E-state index contributed by atoms with van der Waals surface area (Å²) in [5.41, 5.74) is 1.20. The molecule has 140 valence electrons. The van der Waals surface area contributed by atoms with Crippen LogP contribution < -0.4 is 20.1 Å². The largest absolute Gasteiger partial charge is 0.493 e. The normalized spacial score (nSPS) is 15.8. The molecule has 2 N–H and O–H groups in total. The Bertz CT molecular complexity index is 573. The van der Waals surface area contributed by atoms with Crippen LogP contribution >= 0.6 is 0 Å². The standard InChI is InChI=1S/C19H32N4O2/c1-14(23(3)16-7-8-16)13-22-19(20-2)21-11-10-15-6-9-17(24-4)18(12-15)25-5/h6,9,12,14,16H,7-8,10-11,13H2,1-5H3,(H2,20,21,22). The first kappa shape index (κ1) is 19.4. The lowest BCUT2D eigenvalue weighted by atomic mass is 10.1. The van der Waals surface area contributed by atoms with E-state index in [4.69, 9.17) is 9.47 Å². The Morgan fingerprint density at radius 1 is 1.24 bits per heavy atom. The fraction of sp³-hybridized carbons (Fsp3) is 0.632. The van der Waals surface area contributed by atoms with Gasteiger partial charge in [0.1, 0.15) is 0 Å². The summed E-state index contributed by atoms with van der Waals surface area (Å²) in [6.45, 7) is 3.95. The molecular formula is C19H32N4O2. The number of nitrogens with one attached hydrogen (secondary N) is 2. The molecule has 1 aromatic rings. The molecule has 0 aliphatic heterocycles. The van der Waals surface area contributed by atoms with Gasteiger partial charge >= 0.3 is 0 Å². The molecule has 0 spiro atoms. The lowest BCUT2D eigenvalue weighted by Gasteiger charge is -2.25. The average Bonchev–Trinajstić information content (AvgIpc) is 3.48. The van der Waals surface area contributed by atoms with Gasteiger partial charge in [0, 0.05) is 32.2 Å². The zero-order valence-corrected chi connectivity index (χ0v) is 16.1. The van der Waals surface area contributed by atoms with Crippen LogP contribution in [0.2, 0.25) is 0 Å². The van der Waals surface area contributed by atoms with Gasteiger partial charge in [-0.3, -0.25) is 9.89 Å². The number of ether oxygens (including phenoxy) is 2. The number of hydrogen-bond acceptors (Lipinski definition) is 4. The first-order valence-electron chi connectivity index (χ1n) is 8.96. The Labute approximate surface area is 151 Å². The highest BCUT2D eigenvalue weighted by Gasteiger charge is 2.28. The molecule has 0 bridgehead atoms. The predicted octanol–water partition coefficient (Wildman–Crippen LogP) is 1.89. The molecule has 1 aliphatic carbocycles. The minimum absolute atomic E-state index is 0.497. The van der Waals surface area contributed by atoms with Gasteiger partial charge in [-0.25, -0.2) is 0 Å². The van der Waals surface area contributed by atoms with E-state index in [-0.39, 0.29) is 0 Å². The number of hydrogen-bond donors (Lipinski definition) is 2. The van der Waals surface area contributed by atoms with Crippen molar-refractivity contribution in [3.63, 3.8) is 0 Å². The number of likely N-dealkylation sites (N-methyl/N-ethyl adjacent to an activating group) is 1. The number of methoxy groups -OCH3 is 2. The molecule has 6 heteroatoms. The van der Waals surface area contributed by atoms with Crippen LogP contribution in [0, 0.1) is 0 Å². The molecule has 1 saturated carbocycles. The van der Waals surface area contributed by atoms with E-state index in [1.807, 2.05) is 12.1 Å². The van der Waals surface area contributed by atoms with Gasteiger partial charge in [0.2, 0.25) is 0 Å². The van der Waals surface area contributed by atoms with Crippen LogP contribution in [-0.4, -0.2) is 64.3 Å². The second kappa shape index (κ2) is 9.51. The van der Waals surface area contributed by atoms with E-state index in [0.29, 0.717) is 6.04 Å². The Hall–Kier alpha value is -1.95. The van der Waals surface area contributed by atoms with Gasteiger partial charge in [-0.05, 0) is 50.9 Å². The Balaban J connectivity index is 1.75. The summed E-state index contributed by atoms with van der Waals surface area (Å²) in [7, 11) is 7.32. The maximum atomic E-state index is 5.35. The summed E-state index contributed by atoms with van der Waals surface area (Å²) in [5, 5.41) is 6.78. The SMILES string of the molecule is CN=C(NCCc1ccc(OC)c(OC)c1)NCC(C)N(C)C1CC1. The van der Waals surface area contributed by atoms with E-state index in [1.54, 1.807) is 21.3 Å². The van der Waals surface area contributed by atoms with Gasteiger partial charge in [0.25, 0.3) is 0 Å². The zero-order valence-electron chi connectivity index (χ0n) is 16.1. The van der Waals surface area contributed by atoms with Gasteiger partial charge in [-0.2, -0.15) is 0 Å². The molecule has 1 unspecified atom stereocenters. The maximum Gasteiger partial charge on any atom is 0.191 e. The number of benzene rings is 1. The number of aliphatic imine (C=N–C) groups is 1. The van der Waals surface area contributed by atoms with Crippen molar-refractivity contribution in [3.05, 3.63) is 23.8 Å². The quantitative estimate of drug-likeness (QED) is 0.527. The third-order valence-electron chi connectivity index (χ3n) is 4.76. The smallest absolute Gasteiger partial charge is 0.191 e. The summed E-state index contributed by atoms with van der Waals surface area (Å²) < 4.78 is 10.6. The minimum Gasteiger partial charge on any atom is -0.493 e. The average molecular weight is 348 g/mol. The van der Waals surface area contributed by atoms with E-state index in [9.17, 15) is 0 Å². The van der Waals surface area contributed by atoms with E-state index < -0.39 is 0 Å². The predicted molar refractivity (Wildman–Crippen MR) is 103 cm³/mol. The van der Waals surface area contributed by atoms with E-state index >= 15 is 0 Å². The van der Waals surface area contributed by atoms with Crippen LogP contribution in [0.25, 0.3) is 0 Å². The highest BCUT2D eigenvalue weighted by atomic mass is 16.5. The molecule has 1 fully saturated rings. The summed E-state index contributed by atoms with van der Waals surface area (Å²) >= 11 is 0. The summed E-state index contributed by atoms with van der Waals surface area (Å²) in [5.74, 6) is 2.36. The van der Waals surface area contributed by atoms with Crippen LogP contribution in [0.3, 0.4) is 0 Å². The van der Waals surface area contributed by atoms with Crippen molar-refractivity contribution in [1.82, 2.24) is 15.5 Å². The second-order valence-electron chi connectivity index (χ2n) is 6.56. The minimum atomic E-state index is 0.497. The molecule has 1 atom stereocenters. The summed E-state index contributed by atoms with van der Waals surface area (Å²) in [4.78, 5) is 6.75. The van der Waals surface area contributed by atoms with Crippen molar-refractivity contribution >= 4 is 5.96 Å². The lowest BCUT2D eigenvalue weighted by molar-refractivity contribution is 0.247. The fourth-order valence-corrected chi connectivity index (χ4v) is 2.81. The third kappa shape index (κ3) is 5.81. The fourth-order valence-electron chi connectivity index (χ4n) is 2.81. The molecule has 0 radical (unpaired) electrons. The lowest BCUT2D eigenvalue weighted by Crippen LogP contribution is -2.45. The van der Waals surface area contributed by atoms with Crippen LogP contribution in [0.15, 0.2) is 23.2 Å². The van der Waals surface area contributed by atoms with Gasteiger partial charge in [-0.1, -0.05) is 6.07 Å². The third-order valence-corrected chi connectivity index (χ3v) is 4.76. The van der Waals surface area contributed by atoms with Crippen molar-refractivity contribution in [2.75, 3.05) is 41.4 Å². The summed E-state index contributed by atoms with van der Waals surface area (Å²) in [6.07, 6.45) is 3.55. The number of guanidine groups is 1. The number of nitrogens with zero attached hydrogens (tertiary/aromatic N) is 2. The van der Waals surface area contributed by atoms with Crippen molar-refractivity contribution in [1.29, 1.82) is 0 Å². The van der Waals surface area contributed by atoms with E-state index in [2.05, 4.69) is 40.6 Å². The summed E-state index contributed by atoms with van der Waals surface area (Å²) in [6, 6.07) is 7.29. The number of rotatable bonds is 9. The van der Waals surface area contributed by atoms with Gasteiger partial charge in [0.05, 0.1) is 14.2 Å². The highest BCUT2D eigenvalue weighted by molar-refractivity contribution is 5.79. The Morgan fingerprint density at radius 2 is 1.96 bits per heavy atom. The Morgan fingerprint density at radius 3 is 2.56 bits per heavy atom. The van der Waals surface area contributed by atoms with Crippen molar-refractivity contribution in [2.45, 2.75) is 38.3 Å².